The summed E-state index contributed by atoms with van der Waals surface area (Å²) in [7, 11) is 0. The van der Waals surface area contributed by atoms with Gasteiger partial charge in [-0.2, -0.15) is 0 Å². The highest BCUT2D eigenvalue weighted by Crippen LogP contribution is 2.26. The van der Waals surface area contributed by atoms with Gasteiger partial charge in [-0.05, 0) is 57.2 Å². The Labute approximate surface area is 159 Å². The molecule has 2 N–H and O–H groups in total. The van der Waals surface area contributed by atoms with Gasteiger partial charge in [-0.3, -0.25) is 14.5 Å². The summed E-state index contributed by atoms with van der Waals surface area (Å²) in [6.07, 6.45) is 7.61. The summed E-state index contributed by atoms with van der Waals surface area (Å²) in [5.41, 5.74) is 0.130. The van der Waals surface area contributed by atoms with E-state index in [2.05, 4.69) is 15.2 Å². The van der Waals surface area contributed by atoms with Crippen molar-refractivity contribution >= 4 is 11.8 Å². The van der Waals surface area contributed by atoms with Crippen LogP contribution < -0.4 is 5.32 Å². The van der Waals surface area contributed by atoms with E-state index in [4.69, 9.17) is 0 Å². The molecule has 1 aromatic heterocycles. The van der Waals surface area contributed by atoms with Crippen LogP contribution in [0.15, 0.2) is 18.3 Å². The molecule has 2 saturated heterocycles. The first-order valence-corrected chi connectivity index (χ1v) is 10.1. The van der Waals surface area contributed by atoms with Crippen LogP contribution in [0.3, 0.4) is 0 Å². The smallest absolute Gasteiger partial charge is 0.276 e. The maximum Gasteiger partial charge on any atom is 0.276 e. The summed E-state index contributed by atoms with van der Waals surface area (Å²) < 4.78 is 0. The average Bonchev–Trinajstić information content (AvgIpc) is 3.52. The molecule has 4 rings (SSSR count). The maximum atomic E-state index is 12.6. The number of nitrogens with zero attached hydrogens (tertiary/aromatic N) is 3. The molecule has 3 fully saturated rings. The van der Waals surface area contributed by atoms with Crippen LogP contribution in [0, 0.1) is 5.92 Å². The van der Waals surface area contributed by atoms with Crippen LogP contribution in [-0.2, 0) is 4.79 Å². The molecule has 3 aliphatic rings. The third-order valence-electron chi connectivity index (χ3n) is 6.00. The Balaban J connectivity index is 1.30. The molecule has 0 aromatic carbocycles. The molecule has 7 heteroatoms. The highest BCUT2D eigenvalue weighted by atomic mass is 16.3. The Morgan fingerprint density at radius 2 is 1.89 bits per heavy atom. The second-order valence-electron chi connectivity index (χ2n) is 8.01. The molecule has 0 radical (unpaired) electrons. The summed E-state index contributed by atoms with van der Waals surface area (Å²) in [5, 5.41) is 13.0. The predicted molar refractivity (Wildman–Crippen MR) is 100 cm³/mol. The van der Waals surface area contributed by atoms with Gasteiger partial charge in [0.1, 0.15) is 5.75 Å². The number of pyridine rings is 1. The minimum Gasteiger partial charge on any atom is -0.505 e. The van der Waals surface area contributed by atoms with E-state index < -0.39 is 0 Å². The van der Waals surface area contributed by atoms with E-state index in [1.165, 1.54) is 12.3 Å². The number of piperidine rings is 2. The minimum atomic E-state index is -0.202. The van der Waals surface area contributed by atoms with Gasteiger partial charge in [-0.1, -0.05) is 0 Å². The molecular formula is C20H28N4O3. The van der Waals surface area contributed by atoms with Crippen LogP contribution in [0.4, 0.5) is 0 Å². The van der Waals surface area contributed by atoms with Gasteiger partial charge in [0, 0.05) is 37.9 Å². The number of rotatable bonds is 4. The summed E-state index contributed by atoms with van der Waals surface area (Å²) in [5.74, 6) is 0.0574. The fourth-order valence-electron chi connectivity index (χ4n) is 4.24. The van der Waals surface area contributed by atoms with Gasteiger partial charge >= 0.3 is 0 Å². The Kier molecular flexibility index (Phi) is 5.29. The first kappa shape index (κ1) is 18.2. The van der Waals surface area contributed by atoms with Crippen LogP contribution in [0.25, 0.3) is 0 Å². The van der Waals surface area contributed by atoms with Crippen molar-refractivity contribution in [2.24, 2.45) is 5.92 Å². The van der Waals surface area contributed by atoms with Crippen molar-refractivity contribution in [2.45, 2.75) is 50.6 Å². The number of carbonyl (C=O) groups excluding carboxylic acids is 2. The minimum absolute atomic E-state index is 0.0647. The summed E-state index contributed by atoms with van der Waals surface area (Å²) in [6, 6.07) is 3.95. The van der Waals surface area contributed by atoms with Crippen molar-refractivity contribution in [3.63, 3.8) is 0 Å². The van der Waals surface area contributed by atoms with Crippen LogP contribution in [-0.4, -0.2) is 70.0 Å². The van der Waals surface area contributed by atoms with Crippen molar-refractivity contribution in [3.05, 3.63) is 24.0 Å². The number of amides is 2. The maximum absolute atomic E-state index is 12.6. The Hall–Kier alpha value is -2.15. The molecule has 1 saturated carbocycles. The monoisotopic (exact) mass is 372 g/mol. The molecule has 27 heavy (non-hydrogen) atoms. The Morgan fingerprint density at radius 3 is 2.59 bits per heavy atom. The number of hydrogen-bond acceptors (Lipinski definition) is 5. The first-order chi connectivity index (χ1) is 13.1. The SMILES string of the molecule is O=C(NC1CC1)[C@H]1CCCN(C2CCN(C(=O)c3ncccc3O)CC2)C1. The molecule has 2 amide bonds. The van der Waals surface area contributed by atoms with Gasteiger partial charge in [0.2, 0.25) is 5.91 Å². The van der Waals surface area contributed by atoms with Crippen molar-refractivity contribution < 1.29 is 14.7 Å². The molecule has 1 atom stereocenters. The molecule has 0 spiro atoms. The van der Waals surface area contributed by atoms with Crippen LogP contribution in [0.1, 0.15) is 49.0 Å². The molecule has 0 bridgehead atoms. The van der Waals surface area contributed by atoms with Gasteiger partial charge in [0.25, 0.3) is 5.91 Å². The summed E-state index contributed by atoms with van der Waals surface area (Å²) in [4.78, 5) is 33.2. The van der Waals surface area contributed by atoms with E-state index in [1.807, 2.05) is 0 Å². The molecule has 0 unspecified atom stereocenters. The number of carbonyl (C=O) groups is 2. The number of nitrogens with one attached hydrogen (secondary N) is 1. The van der Waals surface area contributed by atoms with Gasteiger partial charge in [0.15, 0.2) is 5.69 Å². The van der Waals surface area contributed by atoms with Gasteiger partial charge < -0.3 is 15.3 Å². The fourth-order valence-corrected chi connectivity index (χ4v) is 4.24. The van der Waals surface area contributed by atoms with Crippen LogP contribution >= 0.6 is 0 Å². The van der Waals surface area contributed by atoms with E-state index in [9.17, 15) is 14.7 Å². The van der Waals surface area contributed by atoms with E-state index in [0.29, 0.717) is 25.2 Å². The highest BCUT2D eigenvalue weighted by Gasteiger charge is 2.34. The average molecular weight is 372 g/mol. The lowest BCUT2D eigenvalue weighted by molar-refractivity contribution is -0.127. The molecule has 1 aliphatic carbocycles. The number of likely N-dealkylation sites (tertiary alicyclic amines) is 2. The van der Waals surface area contributed by atoms with Crippen molar-refractivity contribution in [2.75, 3.05) is 26.2 Å². The van der Waals surface area contributed by atoms with Gasteiger partial charge in [0.05, 0.1) is 5.92 Å². The fraction of sp³-hybridized carbons (Fsp3) is 0.650. The zero-order valence-corrected chi connectivity index (χ0v) is 15.6. The zero-order chi connectivity index (χ0) is 18.8. The lowest BCUT2D eigenvalue weighted by Gasteiger charge is -2.42. The predicted octanol–water partition coefficient (Wildman–Crippen LogP) is 1.38. The van der Waals surface area contributed by atoms with Gasteiger partial charge in [-0.15, -0.1) is 0 Å². The van der Waals surface area contributed by atoms with Gasteiger partial charge in [-0.25, -0.2) is 4.98 Å². The normalized spacial score (nSPS) is 24.6. The standard InChI is InChI=1S/C20H28N4O3/c25-17-4-1-9-21-18(17)20(27)23-11-7-16(8-12-23)24-10-2-3-14(13-24)19(26)22-15-5-6-15/h1,4,9,14-16,25H,2-3,5-8,10-13H2,(H,22,26)/t14-/m0/s1. The Morgan fingerprint density at radius 1 is 1.11 bits per heavy atom. The largest absolute Gasteiger partial charge is 0.505 e. The molecule has 2 aliphatic heterocycles. The number of aromatic hydroxyl groups is 1. The third kappa shape index (κ3) is 4.24. The quantitative estimate of drug-likeness (QED) is 0.834. The number of aromatic nitrogens is 1. The molecule has 1 aromatic rings. The number of hydrogen-bond donors (Lipinski definition) is 2. The topological polar surface area (TPSA) is 85.8 Å². The van der Waals surface area contributed by atoms with Crippen LogP contribution in [0.2, 0.25) is 0 Å². The highest BCUT2D eigenvalue weighted by molar-refractivity contribution is 5.94. The zero-order valence-electron chi connectivity index (χ0n) is 15.6. The van der Waals surface area contributed by atoms with Crippen molar-refractivity contribution in [3.8, 4) is 5.75 Å². The van der Waals surface area contributed by atoms with Crippen LogP contribution in [0.5, 0.6) is 5.75 Å². The van der Waals surface area contributed by atoms with Crippen molar-refractivity contribution in [1.82, 2.24) is 20.1 Å². The molecule has 146 valence electrons. The molecule has 7 nitrogen and oxygen atoms in total. The van der Waals surface area contributed by atoms with E-state index in [-0.39, 0.29) is 29.2 Å². The third-order valence-corrected chi connectivity index (χ3v) is 6.00. The second-order valence-corrected chi connectivity index (χ2v) is 8.01. The van der Waals surface area contributed by atoms with E-state index in [0.717, 1.165) is 51.6 Å². The van der Waals surface area contributed by atoms with E-state index in [1.54, 1.807) is 11.0 Å². The lowest BCUT2D eigenvalue weighted by atomic mass is 9.93. The molecular weight excluding hydrogens is 344 g/mol. The second kappa shape index (κ2) is 7.84. The van der Waals surface area contributed by atoms with E-state index >= 15 is 0 Å². The summed E-state index contributed by atoms with van der Waals surface area (Å²) in [6.45, 7) is 3.19. The Bertz CT molecular complexity index is 698. The lowest BCUT2D eigenvalue weighted by Crippen LogP contribution is -2.51. The van der Waals surface area contributed by atoms with Crippen molar-refractivity contribution in [1.29, 1.82) is 0 Å². The first-order valence-electron chi connectivity index (χ1n) is 10.1. The molecule has 3 heterocycles. The summed E-state index contributed by atoms with van der Waals surface area (Å²) >= 11 is 0.